The van der Waals surface area contributed by atoms with Crippen molar-refractivity contribution in [1.29, 1.82) is 0 Å². The summed E-state index contributed by atoms with van der Waals surface area (Å²) in [5.74, 6) is -1.20. The lowest BCUT2D eigenvalue weighted by molar-refractivity contribution is -0.136. The molecule has 0 amide bonds. The van der Waals surface area contributed by atoms with Crippen LogP contribution in [0.4, 0.5) is 0 Å². The van der Waals surface area contributed by atoms with E-state index in [0.29, 0.717) is 5.69 Å². The molecule has 1 N–H and O–H groups in total. The average molecular weight is 267 g/mol. The minimum Gasteiger partial charge on any atom is -0.481 e. The summed E-state index contributed by atoms with van der Waals surface area (Å²) in [7, 11) is 0. The van der Waals surface area contributed by atoms with Crippen LogP contribution in [-0.4, -0.2) is 26.6 Å². The van der Waals surface area contributed by atoms with Crippen LogP contribution in [0.2, 0.25) is 0 Å². The van der Waals surface area contributed by atoms with Crippen LogP contribution in [0, 0.1) is 0 Å². The zero-order valence-electron chi connectivity index (χ0n) is 10.8. The Balaban J connectivity index is 2.65. The summed E-state index contributed by atoms with van der Waals surface area (Å²) >= 11 is 1.67. The largest absolute Gasteiger partial charge is 0.481 e. The third-order valence-electron chi connectivity index (χ3n) is 2.01. The predicted molar refractivity (Wildman–Crippen MR) is 71.0 cm³/mol. The highest BCUT2D eigenvalue weighted by molar-refractivity contribution is 8.00. The molecule has 1 rings (SSSR count). The van der Waals surface area contributed by atoms with Gasteiger partial charge in [0.1, 0.15) is 5.69 Å². The molecular formula is C13H17NO3S. The number of nitrogens with zero attached hydrogens (tertiary/aromatic N) is 1. The molecule has 0 radical (unpaired) electrons. The van der Waals surface area contributed by atoms with Crippen LogP contribution in [0.15, 0.2) is 23.2 Å². The lowest BCUT2D eigenvalue weighted by Gasteiger charge is -2.17. The highest BCUT2D eigenvalue weighted by atomic mass is 32.2. The molecule has 1 heterocycles. The molecule has 0 fully saturated rings. The van der Waals surface area contributed by atoms with Gasteiger partial charge >= 0.3 is 5.97 Å². The molecule has 0 aliphatic rings. The third-order valence-corrected chi connectivity index (χ3v) is 3.10. The summed E-state index contributed by atoms with van der Waals surface area (Å²) in [6.07, 6.45) is 1.50. The monoisotopic (exact) mass is 267 g/mol. The van der Waals surface area contributed by atoms with E-state index in [1.165, 1.54) is 0 Å². The summed E-state index contributed by atoms with van der Waals surface area (Å²) in [6, 6.07) is 3.50. The van der Waals surface area contributed by atoms with Crippen molar-refractivity contribution in [2.75, 3.05) is 0 Å². The highest BCUT2D eigenvalue weighted by Gasteiger charge is 2.14. The second kappa shape index (κ2) is 6.00. The van der Waals surface area contributed by atoms with Crippen molar-refractivity contribution in [3.05, 3.63) is 24.0 Å². The number of carboxylic acids is 1. The van der Waals surface area contributed by atoms with Gasteiger partial charge in [0.15, 0.2) is 5.78 Å². The SMILES string of the molecule is CC(C)(C)Sc1ccc(C(=O)CCC(=O)O)nc1. The number of Topliss-reactive ketones (excluding diaryl/α,β-unsaturated/α-hetero) is 1. The Kier molecular flexibility index (Phi) is 4.90. The van der Waals surface area contributed by atoms with Gasteiger partial charge in [-0.25, -0.2) is 0 Å². The van der Waals surface area contributed by atoms with Crippen LogP contribution in [-0.2, 0) is 4.79 Å². The van der Waals surface area contributed by atoms with Gasteiger partial charge in [-0.05, 0) is 12.1 Å². The average Bonchev–Trinajstić information content (AvgIpc) is 2.24. The lowest BCUT2D eigenvalue weighted by Crippen LogP contribution is -2.08. The number of carbonyl (C=O) groups is 2. The number of rotatable bonds is 5. The molecule has 0 bridgehead atoms. The molecule has 0 aromatic carbocycles. The van der Waals surface area contributed by atoms with Gasteiger partial charge in [0.05, 0.1) is 6.42 Å². The number of aliphatic carboxylic acids is 1. The van der Waals surface area contributed by atoms with Gasteiger partial charge in [0.2, 0.25) is 0 Å². The first-order valence-corrected chi connectivity index (χ1v) is 6.49. The first-order chi connectivity index (χ1) is 8.28. The third kappa shape index (κ3) is 5.31. The molecule has 0 unspecified atom stereocenters. The molecule has 98 valence electrons. The maximum Gasteiger partial charge on any atom is 0.303 e. The van der Waals surface area contributed by atoms with E-state index in [2.05, 4.69) is 25.8 Å². The van der Waals surface area contributed by atoms with E-state index in [1.807, 2.05) is 6.07 Å². The quantitative estimate of drug-likeness (QED) is 0.656. The fraction of sp³-hybridized carbons (Fsp3) is 0.462. The van der Waals surface area contributed by atoms with Gasteiger partial charge in [0, 0.05) is 22.3 Å². The maximum atomic E-state index is 11.6. The molecule has 5 heteroatoms. The minimum atomic E-state index is -0.969. The van der Waals surface area contributed by atoms with E-state index in [1.54, 1.807) is 24.0 Å². The van der Waals surface area contributed by atoms with Gasteiger partial charge < -0.3 is 5.11 Å². The highest BCUT2D eigenvalue weighted by Crippen LogP contribution is 2.31. The van der Waals surface area contributed by atoms with Gasteiger partial charge in [-0.3, -0.25) is 14.6 Å². The van der Waals surface area contributed by atoms with Crippen LogP contribution >= 0.6 is 11.8 Å². The topological polar surface area (TPSA) is 67.3 Å². The number of carbonyl (C=O) groups excluding carboxylic acids is 1. The fourth-order valence-electron chi connectivity index (χ4n) is 1.31. The summed E-state index contributed by atoms with van der Waals surface area (Å²) in [4.78, 5) is 27.1. The molecule has 0 saturated heterocycles. The van der Waals surface area contributed by atoms with Crippen LogP contribution < -0.4 is 0 Å². The van der Waals surface area contributed by atoms with Gasteiger partial charge in [-0.2, -0.15) is 0 Å². The molecule has 0 atom stereocenters. The Morgan fingerprint density at radius 3 is 2.39 bits per heavy atom. The van der Waals surface area contributed by atoms with Crippen molar-refractivity contribution in [2.45, 2.75) is 43.3 Å². The first kappa shape index (κ1) is 14.7. The van der Waals surface area contributed by atoms with Crippen LogP contribution in [0.5, 0.6) is 0 Å². The van der Waals surface area contributed by atoms with Gasteiger partial charge in [0.25, 0.3) is 0 Å². The predicted octanol–water partition coefficient (Wildman–Crippen LogP) is 3.02. The summed E-state index contributed by atoms with van der Waals surface area (Å²) in [6.45, 7) is 6.30. The van der Waals surface area contributed by atoms with E-state index in [-0.39, 0.29) is 23.4 Å². The lowest BCUT2D eigenvalue weighted by atomic mass is 10.1. The Morgan fingerprint density at radius 2 is 1.94 bits per heavy atom. The molecule has 1 aromatic heterocycles. The van der Waals surface area contributed by atoms with Crippen molar-refractivity contribution in [3.63, 3.8) is 0 Å². The minimum absolute atomic E-state index is 0.00586. The number of aromatic nitrogens is 1. The van der Waals surface area contributed by atoms with Crippen molar-refractivity contribution < 1.29 is 14.7 Å². The smallest absolute Gasteiger partial charge is 0.303 e. The van der Waals surface area contributed by atoms with Crippen LogP contribution in [0.3, 0.4) is 0 Å². The molecule has 0 aliphatic heterocycles. The standard InChI is InChI=1S/C13H17NO3S/c1-13(2,3)18-9-4-5-10(14-8-9)11(15)6-7-12(16)17/h4-5,8H,6-7H2,1-3H3,(H,16,17). The van der Waals surface area contributed by atoms with Crippen molar-refractivity contribution in [2.24, 2.45) is 0 Å². The number of thioether (sulfide) groups is 1. The zero-order chi connectivity index (χ0) is 13.8. The normalized spacial score (nSPS) is 11.3. The van der Waals surface area contributed by atoms with Gasteiger partial charge in [-0.1, -0.05) is 20.8 Å². The molecule has 0 saturated carbocycles. The van der Waals surface area contributed by atoms with Gasteiger partial charge in [-0.15, -0.1) is 11.8 Å². The van der Waals surface area contributed by atoms with Crippen molar-refractivity contribution >= 4 is 23.5 Å². The zero-order valence-corrected chi connectivity index (χ0v) is 11.6. The summed E-state index contributed by atoms with van der Waals surface area (Å²) in [5, 5.41) is 8.51. The van der Waals surface area contributed by atoms with E-state index < -0.39 is 5.97 Å². The van der Waals surface area contributed by atoms with Crippen molar-refractivity contribution in [1.82, 2.24) is 4.98 Å². The van der Waals surface area contributed by atoms with E-state index in [9.17, 15) is 9.59 Å². The Bertz CT molecular complexity index is 435. The second-order valence-electron chi connectivity index (χ2n) is 4.91. The number of carboxylic acid groups (broad SMARTS) is 1. The van der Waals surface area contributed by atoms with Crippen molar-refractivity contribution in [3.8, 4) is 0 Å². The number of hydrogen-bond acceptors (Lipinski definition) is 4. The molecule has 4 nitrogen and oxygen atoms in total. The molecule has 0 aliphatic carbocycles. The number of ketones is 1. The fourth-order valence-corrected chi connectivity index (χ4v) is 2.26. The van der Waals surface area contributed by atoms with Crippen LogP contribution in [0.25, 0.3) is 0 Å². The van der Waals surface area contributed by atoms with E-state index in [0.717, 1.165) is 4.90 Å². The Hall–Kier alpha value is -1.36. The number of hydrogen-bond donors (Lipinski definition) is 1. The molecule has 0 spiro atoms. The maximum absolute atomic E-state index is 11.6. The first-order valence-electron chi connectivity index (χ1n) is 5.68. The summed E-state index contributed by atoms with van der Waals surface area (Å²) < 4.78 is 0.0938. The molecule has 18 heavy (non-hydrogen) atoms. The molecular weight excluding hydrogens is 250 g/mol. The Labute approximate surface area is 111 Å². The summed E-state index contributed by atoms with van der Waals surface area (Å²) in [5.41, 5.74) is 0.328. The van der Waals surface area contributed by atoms with E-state index in [4.69, 9.17) is 5.11 Å². The second-order valence-corrected chi connectivity index (χ2v) is 6.81. The Morgan fingerprint density at radius 1 is 1.28 bits per heavy atom. The van der Waals surface area contributed by atoms with E-state index >= 15 is 0 Å². The number of pyridine rings is 1. The molecule has 1 aromatic rings. The van der Waals surface area contributed by atoms with Crippen LogP contribution in [0.1, 0.15) is 44.1 Å².